The van der Waals surface area contributed by atoms with Crippen molar-refractivity contribution in [2.45, 2.75) is 57.2 Å². The van der Waals surface area contributed by atoms with Gasteiger partial charge in [-0.2, -0.15) is 23.1 Å². The number of fused-ring (bicyclic) bond motifs is 4. The number of halogens is 4. The summed E-state index contributed by atoms with van der Waals surface area (Å²) in [6, 6.07) is 2.57. The summed E-state index contributed by atoms with van der Waals surface area (Å²) >= 11 is 0. The molecule has 2 bridgehead atoms. The van der Waals surface area contributed by atoms with E-state index in [-0.39, 0.29) is 17.1 Å². The van der Waals surface area contributed by atoms with E-state index in [1.807, 2.05) is 0 Å². The van der Waals surface area contributed by atoms with Crippen molar-refractivity contribution < 1.29 is 27.4 Å². The van der Waals surface area contributed by atoms with Crippen LogP contribution in [0.1, 0.15) is 51.0 Å². The molecule has 1 aliphatic carbocycles. The molecule has 3 aliphatic heterocycles. The molecule has 0 spiro atoms. The van der Waals surface area contributed by atoms with Crippen LogP contribution in [0.4, 0.5) is 23.4 Å². The van der Waals surface area contributed by atoms with Gasteiger partial charge < -0.3 is 14.7 Å². The maximum atomic E-state index is 16.3. The van der Waals surface area contributed by atoms with Crippen LogP contribution in [0.5, 0.6) is 11.8 Å². The van der Waals surface area contributed by atoms with Crippen LogP contribution in [0.3, 0.4) is 0 Å². The third-order valence-corrected chi connectivity index (χ3v) is 9.59. The SMILES string of the molecule is C[C@H]1CN2CCC[C@@]2(COc2nc(N3CC4CCC(C4)C3)c3cnc(-c4cc(O)ccc4C(F)(F)F)c(F)c3n2)C1. The second kappa shape index (κ2) is 9.68. The number of phenols is 1. The van der Waals surface area contributed by atoms with Gasteiger partial charge in [0.25, 0.3) is 0 Å². The second-order valence-corrected chi connectivity index (χ2v) is 12.6. The van der Waals surface area contributed by atoms with Gasteiger partial charge in [0.05, 0.1) is 16.5 Å². The number of ether oxygens (including phenoxy) is 1. The average molecular weight is 572 g/mol. The number of alkyl halides is 3. The van der Waals surface area contributed by atoms with E-state index in [1.165, 1.54) is 6.20 Å². The predicted octanol–water partition coefficient (Wildman–Crippen LogP) is 6.04. The summed E-state index contributed by atoms with van der Waals surface area (Å²) in [5, 5.41) is 10.3. The van der Waals surface area contributed by atoms with Crippen LogP contribution < -0.4 is 9.64 Å². The zero-order valence-electron chi connectivity index (χ0n) is 22.9. The summed E-state index contributed by atoms with van der Waals surface area (Å²) in [5.41, 5.74) is -2.40. The van der Waals surface area contributed by atoms with Crippen molar-refractivity contribution in [1.29, 1.82) is 0 Å². The highest BCUT2D eigenvalue weighted by Crippen LogP contribution is 2.44. The maximum absolute atomic E-state index is 16.3. The first kappa shape index (κ1) is 26.7. The lowest BCUT2D eigenvalue weighted by molar-refractivity contribution is -0.137. The molecule has 1 aromatic carbocycles. The minimum absolute atomic E-state index is 0.0224. The van der Waals surface area contributed by atoms with E-state index in [9.17, 15) is 18.3 Å². The molecular weight excluding hydrogens is 538 g/mol. The molecule has 41 heavy (non-hydrogen) atoms. The van der Waals surface area contributed by atoms with Crippen molar-refractivity contribution in [3.8, 4) is 23.0 Å². The van der Waals surface area contributed by atoms with Crippen LogP contribution >= 0.6 is 0 Å². The van der Waals surface area contributed by atoms with Crippen LogP contribution in [0.15, 0.2) is 24.4 Å². The Morgan fingerprint density at radius 3 is 2.66 bits per heavy atom. The van der Waals surface area contributed by atoms with Crippen LogP contribution in [0.25, 0.3) is 22.2 Å². The first-order valence-electron chi connectivity index (χ1n) is 14.5. The normalized spacial score (nSPS) is 28.0. The molecular formula is C30H33F4N5O2. The van der Waals surface area contributed by atoms with Crippen LogP contribution in [0.2, 0.25) is 0 Å². The molecule has 1 N–H and O–H groups in total. The highest BCUT2D eigenvalue weighted by Gasteiger charge is 2.48. The zero-order chi connectivity index (χ0) is 28.5. The quantitative estimate of drug-likeness (QED) is 0.374. The molecule has 4 fully saturated rings. The fourth-order valence-electron chi connectivity index (χ4n) is 7.89. The van der Waals surface area contributed by atoms with Gasteiger partial charge in [0, 0.05) is 31.4 Å². The van der Waals surface area contributed by atoms with Crippen molar-refractivity contribution in [2.75, 3.05) is 37.7 Å². The summed E-state index contributed by atoms with van der Waals surface area (Å²) in [5.74, 6) is 0.679. The van der Waals surface area contributed by atoms with Crippen molar-refractivity contribution >= 4 is 16.7 Å². The summed E-state index contributed by atoms with van der Waals surface area (Å²) in [6.07, 6.45) is 3.12. The summed E-state index contributed by atoms with van der Waals surface area (Å²) in [7, 11) is 0. The lowest BCUT2D eigenvalue weighted by Crippen LogP contribution is -2.43. The number of pyridine rings is 1. The van der Waals surface area contributed by atoms with Crippen LogP contribution in [0, 0.1) is 23.6 Å². The predicted molar refractivity (Wildman–Crippen MR) is 145 cm³/mol. The van der Waals surface area contributed by atoms with Crippen molar-refractivity contribution in [2.24, 2.45) is 17.8 Å². The van der Waals surface area contributed by atoms with E-state index in [0.29, 0.717) is 35.6 Å². The summed E-state index contributed by atoms with van der Waals surface area (Å²) in [4.78, 5) is 18.0. The van der Waals surface area contributed by atoms with Gasteiger partial charge in [-0.1, -0.05) is 6.92 Å². The molecule has 0 radical (unpaired) electrons. The van der Waals surface area contributed by atoms with E-state index in [0.717, 1.165) is 82.9 Å². The zero-order valence-corrected chi connectivity index (χ0v) is 22.9. The Hall–Kier alpha value is -3.21. The Morgan fingerprint density at radius 1 is 1.12 bits per heavy atom. The maximum Gasteiger partial charge on any atom is 0.417 e. The topological polar surface area (TPSA) is 74.6 Å². The molecule has 11 heteroatoms. The summed E-state index contributed by atoms with van der Waals surface area (Å²) < 4.78 is 64.1. The molecule has 3 aromatic rings. The smallest absolute Gasteiger partial charge is 0.417 e. The third-order valence-electron chi connectivity index (χ3n) is 9.59. The Labute approximate surface area is 235 Å². The Morgan fingerprint density at radius 2 is 1.90 bits per heavy atom. The number of piperidine rings is 1. The molecule has 7 rings (SSSR count). The Kier molecular flexibility index (Phi) is 6.29. The lowest BCUT2D eigenvalue weighted by atomic mass is 9.92. The first-order valence-corrected chi connectivity index (χ1v) is 14.5. The molecule has 1 saturated carbocycles. The molecule has 2 unspecified atom stereocenters. The van der Waals surface area contributed by atoms with E-state index < -0.39 is 34.6 Å². The molecule has 7 nitrogen and oxygen atoms in total. The lowest BCUT2D eigenvalue weighted by Gasteiger charge is -2.34. The van der Waals surface area contributed by atoms with Crippen molar-refractivity contribution in [3.63, 3.8) is 0 Å². The van der Waals surface area contributed by atoms with E-state index in [1.54, 1.807) is 0 Å². The molecule has 4 aliphatic rings. The molecule has 4 atom stereocenters. The van der Waals surface area contributed by atoms with E-state index in [4.69, 9.17) is 9.72 Å². The fraction of sp³-hybridized carbons (Fsp3) is 0.567. The largest absolute Gasteiger partial charge is 0.508 e. The molecule has 0 amide bonds. The number of hydrogen-bond donors (Lipinski definition) is 1. The fourth-order valence-corrected chi connectivity index (χ4v) is 7.89. The molecule has 2 aromatic heterocycles. The van der Waals surface area contributed by atoms with Gasteiger partial charge in [-0.3, -0.25) is 9.88 Å². The number of rotatable bonds is 5. The van der Waals surface area contributed by atoms with Crippen LogP contribution in [-0.2, 0) is 6.18 Å². The number of benzene rings is 1. The third kappa shape index (κ3) is 4.66. The van der Waals surface area contributed by atoms with Gasteiger partial charge in [-0.25, -0.2) is 4.39 Å². The monoisotopic (exact) mass is 571 g/mol. The molecule has 218 valence electrons. The van der Waals surface area contributed by atoms with E-state index in [2.05, 4.69) is 26.7 Å². The van der Waals surface area contributed by atoms with E-state index >= 15 is 4.39 Å². The molecule has 3 saturated heterocycles. The number of aromatic hydroxyl groups is 1. The minimum atomic E-state index is -4.77. The average Bonchev–Trinajstić information content (AvgIpc) is 3.57. The number of nitrogens with zero attached hydrogens (tertiary/aromatic N) is 5. The second-order valence-electron chi connectivity index (χ2n) is 12.6. The van der Waals surface area contributed by atoms with Gasteiger partial charge in [-0.05, 0) is 81.0 Å². The van der Waals surface area contributed by atoms with Crippen molar-refractivity contribution in [3.05, 3.63) is 35.8 Å². The van der Waals surface area contributed by atoms with Gasteiger partial charge >= 0.3 is 12.2 Å². The van der Waals surface area contributed by atoms with Gasteiger partial charge in [-0.15, -0.1) is 0 Å². The highest BCUT2D eigenvalue weighted by atomic mass is 19.4. The van der Waals surface area contributed by atoms with Gasteiger partial charge in [0.1, 0.15) is 29.4 Å². The standard InChI is InChI=1S/C30H33F4N5O2/c1-17-11-29(7-2-8-39(29)13-17)16-41-28-36-26-22(27(37-28)38-14-18-3-4-19(9-18)15-38)12-35-25(24(26)31)21-10-20(40)5-6-23(21)30(32,33)34/h5-6,10,12,17-19,40H,2-4,7-9,11,13-16H2,1H3/t17-,18?,19?,29+/m1/s1. The molecule has 5 heterocycles. The number of aromatic nitrogens is 3. The Balaban J connectivity index is 1.33. The van der Waals surface area contributed by atoms with Gasteiger partial charge in [0.2, 0.25) is 0 Å². The van der Waals surface area contributed by atoms with Gasteiger partial charge in [0.15, 0.2) is 5.82 Å². The number of anilines is 1. The number of phenolic OH excluding ortho intramolecular Hbond substituents is 1. The highest BCUT2D eigenvalue weighted by molar-refractivity contribution is 5.92. The van der Waals surface area contributed by atoms with Crippen LogP contribution in [-0.4, -0.2) is 63.3 Å². The number of hydrogen-bond acceptors (Lipinski definition) is 7. The minimum Gasteiger partial charge on any atom is -0.508 e. The summed E-state index contributed by atoms with van der Waals surface area (Å²) in [6.45, 7) is 6.17. The Bertz CT molecular complexity index is 1490. The first-order chi connectivity index (χ1) is 19.6. The van der Waals surface area contributed by atoms with Crippen molar-refractivity contribution in [1.82, 2.24) is 19.9 Å².